The van der Waals surface area contributed by atoms with Gasteiger partial charge in [0.1, 0.15) is 0 Å². The van der Waals surface area contributed by atoms with E-state index in [2.05, 4.69) is 35.4 Å². The van der Waals surface area contributed by atoms with Crippen LogP contribution in [0.2, 0.25) is 0 Å². The number of hydrogen-bond donors (Lipinski definition) is 1. The fourth-order valence-electron chi connectivity index (χ4n) is 2.83. The number of nitrogens with one attached hydrogen (secondary N) is 1. The Labute approximate surface area is 108 Å². The molecule has 0 saturated carbocycles. The Morgan fingerprint density at radius 2 is 2.28 bits per heavy atom. The summed E-state index contributed by atoms with van der Waals surface area (Å²) >= 11 is 0. The van der Waals surface area contributed by atoms with Gasteiger partial charge in [0.15, 0.2) is 0 Å². The second-order valence-corrected chi connectivity index (χ2v) is 5.20. The van der Waals surface area contributed by atoms with E-state index in [1.807, 2.05) is 12.3 Å². The molecule has 18 heavy (non-hydrogen) atoms. The van der Waals surface area contributed by atoms with Crippen LogP contribution in [0, 0.1) is 0 Å². The number of aryl methyl sites for hydroxylation is 1. The number of fused-ring (bicyclic) bond motifs is 3. The van der Waals surface area contributed by atoms with Crippen molar-refractivity contribution in [1.29, 1.82) is 0 Å². The van der Waals surface area contributed by atoms with Gasteiger partial charge in [-0.1, -0.05) is 38.0 Å². The topological polar surface area (TPSA) is 24.9 Å². The van der Waals surface area contributed by atoms with Gasteiger partial charge in [-0.2, -0.15) is 0 Å². The predicted molar refractivity (Wildman–Crippen MR) is 77.0 cm³/mol. The van der Waals surface area contributed by atoms with Gasteiger partial charge in [-0.3, -0.25) is 4.98 Å². The zero-order chi connectivity index (χ0) is 12.4. The van der Waals surface area contributed by atoms with Crippen molar-refractivity contribution in [1.82, 2.24) is 4.98 Å². The summed E-state index contributed by atoms with van der Waals surface area (Å²) in [5.74, 6) is 0. The van der Waals surface area contributed by atoms with E-state index in [0.717, 1.165) is 5.52 Å². The zero-order valence-corrected chi connectivity index (χ0v) is 10.9. The van der Waals surface area contributed by atoms with Crippen LogP contribution >= 0.6 is 0 Å². The Balaban J connectivity index is 1.95. The van der Waals surface area contributed by atoms with Gasteiger partial charge in [0.2, 0.25) is 0 Å². The maximum atomic E-state index is 4.55. The van der Waals surface area contributed by atoms with Crippen molar-refractivity contribution in [3.63, 3.8) is 0 Å². The van der Waals surface area contributed by atoms with Gasteiger partial charge in [-0.15, -0.1) is 0 Å². The minimum Gasteiger partial charge on any atom is -0.380 e. The molecule has 0 aliphatic carbocycles. The van der Waals surface area contributed by atoms with Gasteiger partial charge in [0, 0.05) is 17.6 Å². The molecule has 94 valence electrons. The highest BCUT2D eigenvalue weighted by atomic mass is 14.9. The number of hydrogen-bond acceptors (Lipinski definition) is 2. The number of rotatable bonds is 3. The molecule has 0 unspecified atom stereocenters. The fourth-order valence-corrected chi connectivity index (χ4v) is 2.83. The minimum atomic E-state index is 0.630. The third-order valence-electron chi connectivity index (χ3n) is 3.88. The number of anilines is 1. The summed E-state index contributed by atoms with van der Waals surface area (Å²) in [7, 11) is 0. The van der Waals surface area contributed by atoms with Gasteiger partial charge < -0.3 is 5.32 Å². The molecule has 1 aromatic carbocycles. The lowest BCUT2D eigenvalue weighted by atomic mass is 9.93. The molecular formula is C16H20N2. The quantitative estimate of drug-likeness (QED) is 0.871. The third-order valence-corrected chi connectivity index (χ3v) is 3.88. The van der Waals surface area contributed by atoms with Crippen LogP contribution in [-0.2, 0) is 6.42 Å². The number of nitrogens with zero attached hydrogens (tertiary/aromatic N) is 1. The maximum Gasteiger partial charge on any atom is 0.0936 e. The molecule has 0 bridgehead atoms. The summed E-state index contributed by atoms with van der Waals surface area (Å²) < 4.78 is 0. The minimum absolute atomic E-state index is 0.630. The van der Waals surface area contributed by atoms with Gasteiger partial charge in [0.05, 0.1) is 11.2 Å². The van der Waals surface area contributed by atoms with Gasteiger partial charge in [-0.25, -0.2) is 0 Å². The van der Waals surface area contributed by atoms with Crippen molar-refractivity contribution >= 4 is 16.6 Å². The van der Waals surface area contributed by atoms with Gasteiger partial charge in [-0.05, 0) is 30.9 Å². The summed E-state index contributed by atoms with van der Waals surface area (Å²) in [6, 6.07) is 9.22. The first-order chi connectivity index (χ1) is 8.88. The molecule has 1 aliphatic heterocycles. The molecule has 0 fully saturated rings. The molecule has 1 aromatic heterocycles. The molecule has 2 nitrogen and oxygen atoms in total. The molecule has 3 rings (SSSR count). The summed E-state index contributed by atoms with van der Waals surface area (Å²) in [5.41, 5.74) is 3.84. The molecule has 1 aliphatic rings. The van der Waals surface area contributed by atoms with Gasteiger partial charge in [0.25, 0.3) is 0 Å². The Morgan fingerprint density at radius 1 is 1.33 bits per heavy atom. The number of pyridine rings is 1. The molecular weight excluding hydrogens is 220 g/mol. The smallest absolute Gasteiger partial charge is 0.0936 e. The first kappa shape index (κ1) is 11.5. The highest BCUT2D eigenvalue weighted by Crippen LogP contribution is 2.32. The van der Waals surface area contributed by atoms with Crippen LogP contribution in [0.3, 0.4) is 0 Å². The lowest BCUT2D eigenvalue weighted by Crippen LogP contribution is -2.25. The van der Waals surface area contributed by atoms with E-state index in [-0.39, 0.29) is 0 Å². The first-order valence-electron chi connectivity index (χ1n) is 7.01. The van der Waals surface area contributed by atoms with E-state index in [1.54, 1.807) is 0 Å². The third kappa shape index (κ3) is 2.07. The second kappa shape index (κ2) is 4.97. The molecule has 2 heteroatoms. The Bertz CT molecular complexity index is 548. The maximum absolute atomic E-state index is 4.55. The van der Waals surface area contributed by atoms with Crippen LogP contribution in [0.1, 0.15) is 38.2 Å². The van der Waals surface area contributed by atoms with Crippen LogP contribution in [0.5, 0.6) is 0 Å². The highest BCUT2D eigenvalue weighted by molar-refractivity contribution is 5.92. The number of aromatic nitrogens is 1. The Morgan fingerprint density at radius 3 is 3.17 bits per heavy atom. The Kier molecular flexibility index (Phi) is 3.18. The van der Waals surface area contributed by atoms with Crippen LogP contribution in [0.15, 0.2) is 30.5 Å². The van der Waals surface area contributed by atoms with Crippen molar-refractivity contribution in [3.8, 4) is 0 Å². The highest BCUT2D eigenvalue weighted by Gasteiger charge is 2.19. The zero-order valence-electron chi connectivity index (χ0n) is 10.9. The largest absolute Gasteiger partial charge is 0.380 e. The fraction of sp³-hybridized carbons (Fsp3) is 0.438. The van der Waals surface area contributed by atoms with Crippen molar-refractivity contribution < 1.29 is 0 Å². The SMILES string of the molecule is CCCC[C@@H]1CCc2ccc3cccnc3c2N1. The molecule has 1 N–H and O–H groups in total. The van der Waals surface area contributed by atoms with E-state index in [4.69, 9.17) is 0 Å². The van der Waals surface area contributed by atoms with E-state index < -0.39 is 0 Å². The summed E-state index contributed by atoms with van der Waals surface area (Å²) in [4.78, 5) is 4.55. The average Bonchev–Trinajstić information content (AvgIpc) is 2.45. The van der Waals surface area contributed by atoms with E-state index in [1.165, 1.54) is 48.7 Å². The standard InChI is InChI=1S/C16H20N2/c1-2-3-6-14-10-9-13-8-7-12-5-4-11-17-15(12)16(13)18-14/h4-5,7-8,11,14,18H,2-3,6,9-10H2,1H3/t14-/m1/s1. The van der Waals surface area contributed by atoms with Crippen molar-refractivity contribution in [2.75, 3.05) is 5.32 Å². The van der Waals surface area contributed by atoms with E-state index in [9.17, 15) is 0 Å². The van der Waals surface area contributed by atoms with Crippen LogP contribution in [0.25, 0.3) is 10.9 Å². The summed E-state index contributed by atoms with van der Waals surface area (Å²) in [6.07, 6.45) is 8.19. The molecule has 0 radical (unpaired) electrons. The molecule has 1 atom stereocenters. The van der Waals surface area contributed by atoms with Crippen LogP contribution in [-0.4, -0.2) is 11.0 Å². The van der Waals surface area contributed by atoms with Crippen molar-refractivity contribution in [2.45, 2.75) is 45.1 Å². The summed E-state index contributed by atoms with van der Waals surface area (Å²) in [5, 5.41) is 4.95. The van der Waals surface area contributed by atoms with Crippen molar-refractivity contribution in [2.24, 2.45) is 0 Å². The average molecular weight is 240 g/mol. The molecule has 0 saturated heterocycles. The summed E-state index contributed by atoms with van der Waals surface area (Å²) in [6.45, 7) is 2.26. The van der Waals surface area contributed by atoms with E-state index in [0.29, 0.717) is 6.04 Å². The molecule has 0 amide bonds. The predicted octanol–water partition coefficient (Wildman–Crippen LogP) is 4.15. The second-order valence-electron chi connectivity index (χ2n) is 5.20. The van der Waals surface area contributed by atoms with Crippen LogP contribution in [0.4, 0.5) is 5.69 Å². The molecule has 0 spiro atoms. The monoisotopic (exact) mass is 240 g/mol. The van der Waals surface area contributed by atoms with E-state index >= 15 is 0 Å². The van der Waals surface area contributed by atoms with Crippen molar-refractivity contribution in [3.05, 3.63) is 36.0 Å². The molecule has 2 aromatic rings. The number of benzene rings is 1. The normalized spacial score (nSPS) is 18.4. The lowest BCUT2D eigenvalue weighted by Gasteiger charge is -2.27. The lowest BCUT2D eigenvalue weighted by molar-refractivity contribution is 0.558. The first-order valence-corrected chi connectivity index (χ1v) is 7.01. The Hall–Kier alpha value is -1.57. The van der Waals surface area contributed by atoms with Gasteiger partial charge >= 0.3 is 0 Å². The molecule has 2 heterocycles. The van der Waals surface area contributed by atoms with Crippen LogP contribution < -0.4 is 5.32 Å². The number of unbranched alkanes of at least 4 members (excludes halogenated alkanes) is 1.